The molecule has 0 heterocycles. The number of hydrogen-bond acceptors (Lipinski definition) is 3. The highest BCUT2D eigenvalue weighted by atomic mass is 35.5. The van der Waals surface area contributed by atoms with Gasteiger partial charge in [0.05, 0.1) is 25.2 Å². The van der Waals surface area contributed by atoms with Crippen molar-refractivity contribution in [1.82, 2.24) is 4.31 Å². The zero-order chi connectivity index (χ0) is 15.5. The molecule has 0 radical (unpaired) electrons. The third-order valence-corrected chi connectivity index (χ3v) is 7.33. The van der Waals surface area contributed by atoms with E-state index < -0.39 is 10.0 Å². The molecule has 1 aromatic carbocycles. The quantitative estimate of drug-likeness (QED) is 0.387. The van der Waals surface area contributed by atoms with Gasteiger partial charge in [0.2, 0.25) is 10.0 Å². The fourth-order valence-corrected chi connectivity index (χ4v) is 5.51. The molecule has 0 N–H and O–H groups in total. The maximum atomic E-state index is 12.6. The van der Waals surface area contributed by atoms with Gasteiger partial charge in [-0.3, -0.25) is 0 Å². The molecule has 0 atom stereocenters. The Hall–Kier alpha value is 0.640. The second-order valence-corrected chi connectivity index (χ2v) is 8.30. The topological polar surface area (TPSA) is 37.4 Å². The monoisotopic (exact) mass is 395 g/mol. The largest absolute Gasteiger partial charge is 0.244 e. The van der Waals surface area contributed by atoms with Gasteiger partial charge in [0, 0.05) is 18.0 Å². The van der Waals surface area contributed by atoms with E-state index in [4.69, 9.17) is 46.4 Å². The summed E-state index contributed by atoms with van der Waals surface area (Å²) in [5.41, 5.74) is 0. The lowest BCUT2D eigenvalue weighted by atomic mass is 10.3. The van der Waals surface area contributed by atoms with Crippen LogP contribution in [-0.4, -0.2) is 31.0 Å². The summed E-state index contributed by atoms with van der Waals surface area (Å²) >= 11 is 24.8. The normalized spacial score (nSPS) is 12.2. The van der Waals surface area contributed by atoms with E-state index in [1.807, 2.05) is 0 Å². The molecule has 0 aliphatic heterocycles. The molecule has 114 valence electrons. The standard InChI is InChI=1S/C11H13Cl4NO2S2/c1-3-16(4-2)20(17,18)8-5-7(13)9(14)10(15)11(8)19-6-12/h5H,3-4,6H2,1-2H3. The molecule has 0 saturated heterocycles. The van der Waals surface area contributed by atoms with Gasteiger partial charge in [0.1, 0.15) is 0 Å². The van der Waals surface area contributed by atoms with Crippen LogP contribution in [0.1, 0.15) is 13.8 Å². The Kier molecular flexibility index (Phi) is 7.26. The molecule has 9 heteroatoms. The summed E-state index contributed by atoms with van der Waals surface area (Å²) in [6.07, 6.45) is 0. The molecule has 0 bridgehead atoms. The number of benzene rings is 1. The fourth-order valence-electron chi connectivity index (χ4n) is 1.64. The minimum absolute atomic E-state index is 0.0336. The van der Waals surface area contributed by atoms with Crippen molar-refractivity contribution >= 4 is 68.2 Å². The highest BCUT2D eigenvalue weighted by Crippen LogP contribution is 2.43. The Morgan fingerprint density at radius 2 is 1.70 bits per heavy atom. The van der Waals surface area contributed by atoms with Crippen molar-refractivity contribution in [2.45, 2.75) is 23.6 Å². The number of nitrogens with zero attached hydrogens (tertiary/aromatic N) is 1. The third-order valence-electron chi connectivity index (χ3n) is 2.61. The fraction of sp³-hybridized carbons (Fsp3) is 0.455. The number of thioether (sulfide) groups is 1. The summed E-state index contributed by atoms with van der Waals surface area (Å²) in [6, 6.07) is 1.32. The van der Waals surface area contributed by atoms with Gasteiger partial charge in [-0.05, 0) is 6.07 Å². The van der Waals surface area contributed by atoms with Crippen LogP contribution < -0.4 is 0 Å². The Labute approximate surface area is 143 Å². The molecule has 0 fully saturated rings. The predicted molar refractivity (Wildman–Crippen MR) is 88.2 cm³/mol. The minimum atomic E-state index is -3.69. The van der Waals surface area contributed by atoms with Gasteiger partial charge in [0.15, 0.2) is 0 Å². The first-order valence-corrected chi connectivity index (χ1v) is 9.77. The minimum Gasteiger partial charge on any atom is -0.207 e. The van der Waals surface area contributed by atoms with Crippen LogP contribution in [0.15, 0.2) is 15.9 Å². The lowest BCUT2D eigenvalue weighted by Crippen LogP contribution is -2.31. The average Bonchev–Trinajstić information content (AvgIpc) is 2.40. The molecule has 0 aliphatic rings. The first-order valence-electron chi connectivity index (χ1n) is 5.67. The van der Waals surface area contributed by atoms with E-state index in [1.165, 1.54) is 10.4 Å². The van der Waals surface area contributed by atoms with E-state index >= 15 is 0 Å². The molecule has 0 amide bonds. The summed E-state index contributed by atoms with van der Waals surface area (Å²) < 4.78 is 26.6. The molecular weight excluding hydrogens is 384 g/mol. The maximum Gasteiger partial charge on any atom is 0.244 e. The average molecular weight is 397 g/mol. The molecule has 1 rings (SSSR count). The van der Waals surface area contributed by atoms with E-state index in [1.54, 1.807) is 13.8 Å². The van der Waals surface area contributed by atoms with E-state index in [0.29, 0.717) is 18.0 Å². The van der Waals surface area contributed by atoms with Gasteiger partial charge in [-0.2, -0.15) is 4.31 Å². The van der Waals surface area contributed by atoms with Crippen molar-refractivity contribution in [1.29, 1.82) is 0 Å². The van der Waals surface area contributed by atoms with Gasteiger partial charge in [0.25, 0.3) is 0 Å². The molecule has 0 aliphatic carbocycles. The van der Waals surface area contributed by atoms with Crippen LogP contribution in [0.25, 0.3) is 0 Å². The summed E-state index contributed by atoms with van der Waals surface area (Å²) in [5.74, 6) is 0. The van der Waals surface area contributed by atoms with Crippen LogP contribution in [0, 0.1) is 0 Å². The number of rotatable bonds is 6. The Balaban J connectivity index is 3.59. The Morgan fingerprint density at radius 3 is 2.15 bits per heavy atom. The second-order valence-electron chi connectivity index (χ2n) is 3.66. The lowest BCUT2D eigenvalue weighted by molar-refractivity contribution is 0.444. The van der Waals surface area contributed by atoms with Gasteiger partial charge in [-0.15, -0.1) is 23.4 Å². The summed E-state index contributed by atoms with van der Waals surface area (Å²) in [7, 11) is -3.69. The van der Waals surface area contributed by atoms with Crippen LogP contribution in [0.3, 0.4) is 0 Å². The van der Waals surface area contributed by atoms with Gasteiger partial charge >= 0.3 is 0 Å². The number of hydrogen-bond donors (Lipinski definition) is 0. The molecule has 20 heavy (non-hydrogen) atoms. The Morgan fingerprint density at radius 1 is 1.15 bits per heavy atom. The molecule has 0 aromatic heterocycles. The van der Waals surface area contributed by atoms with Gasteiger partial charge in [-0.25, -0.2) is 8.42 Å². The van der Waals surface area contributed by atoms with Crippen molar-refractivity contribution in [2.75, 3.05) is 18.3 Å². The number of sulfonamides is 1. The van der Waals surface area contributed by atoms with Crippen molar-refractivity contribution in [3.8, 4) is 0 Å². The lowest BCUT2D eigenvalue weighted by Gasteiger charge is -2.21. The van der Waals surface area contributed by atoms with Crippen molar-refractivity contribution in [3.05, 3.63) is 21.1 Å². The molecule has 0 spiro atoms. The molecule has 0 saturated carbocycles. The maximum absolute atomic E-state index is 12.6. The van der Waals surface area contributed by atoms with Crippen LogP contribution in [0.2, 0.25) is 15.1 Å². The Bertz CT molecular complexity index is 589. The van der Waals surface area contributed by atoms with E-state index in [2.05, 4.69) is 0 Å². The highest BCUT2D eigenvalue weighted by Gasteiger charge is 2.28. The smallest absolute Gasteiger partial charge is 0.207 e. The third kappa shape index (κ3) is 3.69. The van der Waals surface area contributed by atoms with E-state index in [0.717, 1.165) is 11.8 Å². The van der Waals surface area contributed by atoms with Gasteiger partial charge < -0.3 is 0 Å². The van der Waals surface area contributed by atoms with Crippen LogP contribution >= 0.6 is 58.2 Å². The summed E-state index contributed by atoms with van der Waals surface area (Å²) in [6.45, 7) is 4.21. The highest BCUT2D eigenvalue weighted by molar-refractivity contribution is 8.01. The van der Waals surface area contributed by atoms with Crippen molar-refractivity contribution in [2.24, 2.45) is 0 Å². The van der Waals surface area contributed by atoms with Crippen molar-refractivity contribution < 1.29 is 8.42 Å². The summed E-state index contributed by atoms with van der Waals surface area (Å²) in [4.78, 5) is 0.356. The number of halogens is 4. The zero-order valence-electron chi connectivity index (χ0n) is 10.8. The van der Waals surface area contributed by atoms with Crippen LogP contribution in [0.5, 0.6) is 0 Å². The van der Waals surface area contributed by atoms with E-state index in [9.17, 15) is 8.42 Å². The summed E-state index contributed by atoms with van der Waals surface area (Å²) in [5, 5.41) is 0.481. The molecular formula is C11H13Cl4NO2S2. The first kappa shape index (κ1) is 18.7. The first-order chi connectivity index (χ1) is 9.31. The van der Waals surface area contributed by atoms with Crippen molar-refractivity contribution in [3.63, 3.8) is 0 Å². The second kappa shape index (κ2) is 7.77. The predicted octanol–water partition coefficient (Wildman–Crippen LogP) is 4.97. The number of alkyl halides is 1. The van der Waals surface area contributed by atoms with Crippen LogP contribution in [-0.2, 0) is 10.0 Å². The van der Waals surface area contributed by atoms with Gasteiger partial charge in [-0.1, -0.05) is 48.7 Å². The van der Waals surface area contributed by atoms with Crippen LogP contribution in [0.4, 0.5) is 0 Å². The molecule has 3 nitrogen and oxygen atoms in total. The zero-order valence-corrected chi connectivity index (χ0v) is 15.4. The molecule has 0 unspecified atom stereocenters. The van der Waals surface area contributed by atoms with E-state index in [-0.39, 0.29) is 25.2 Å². The SMILES string of the molecule is CCN(CC)S(=O)(=O)c1cc(Cl)c(Cl)c(Cl)c1SCCl. The molecule has 1 aromatic rings.